The Labute approximate surface area is 108 Å². The maximum atomic E-state index is 9.82. The zero-order valence-corrected chi connectivity index (χ0v) is 11.1. The summed E-state index contributed by atoms with van der Waals surface area (Å²) < 4.78 is 10.1. The van der Waals surface area contributed by atoms with E-state index in [0.29, 0.717) is 5.75 Å². The summed E-state index contributed by atoms with van der Waals surface area (Å²) in [6.07, 6.45) is 0.941. The minimum Gasteiger partial charge on any atom is -0.496 e. The Hall–Kier alpha value is -1.11. The van der Waals surface area contributed by atoms with E-state index in [1.165, 1.54) is 29.6 Å². The largest absolute Gasteiger partial charge is 0.496 e. The lowest BCUT2D eigenvalue weighted by atomic mass is 10.1. The third-order valence-electron chi connectivity index (χ3n) is 2.20. The van der Waals surface area contributed by atoms with Gasteiger partial charge < -0.3 is 9.84 Å². The number of aliphatic hydroxyl groups is 1. The van der Waals surface area contributed by atoms with Gasteiger partial charge in [-0.05, 0) is 30.6 Å². The Bertz CT molecular complexity index is 486. The maximum absolute atomic E-state index is 9.82. The molecule has 0 aliphatic rings. The number of rotatable bonds is 4. The molecule has 2 rings (SSSR count). The Morgan fingerprint density at radius 2 is 2.29 bits per heavy atom. The molecule has 0 fully saturated rings. The Morgan fingerprint density at radius 1 is 1.47 bits per heavy atom. The van der Waals surface area contributed by atoms with Gasteiger partial charge in [-0.3, -0.25) is 0 Å². The quantitative estimate of drug-likeness (QED) is 0.924. The van der Waals surface area contributed by atoms with Crippen molar-refractivity contribution in [2.45, 2.75) is 22.3 Å². The first kappa shape index (κ1) is 12.3. The van der Waals surface area contributed by atoms with Gasteiger partial charge in [0.05, 0.1) is 13.2 Å². The summed E-state index contributed by atoms with van der Waals surface area (Å²) >= 11 is 2.81. The maximum Gasteiger partial charge on any atom is 0.174 e. The molecule has 17 heavy (non-hydrogen) atoms. The summed E-state index contributed by atoms with van der Waals surface area (Å²) in [5.41, 5.74) is 0.787. The van der Waals surface area contributed by atoms with Crippen molar-refractivity contribution in [1.82, 2.24) is 9.36 Å². The second kappa shape index (κ2) is 5.48. The summed E-state index contributed by atoms with van der Waals surface area (Å²) in [4.78, 5) is 5.06. The molecule has 4 nitrogen and oxygen atoms in total. The molecule has 1 aromatic heterocycles. The van der Waals surface area contributed by atoms with Crippen molar-refractivity contribution in [3.8, 4) is 5.75 Å². The van der Waals surface area contributed by atoms with E-state index in [9.17, 15) is 5.11 Å². The lowest BCUT2D eigenvalue weighted by molar-refractivity contribution is 0.191. The molecular weight excluding hydrogens is 256 g/mol. The van der Waals surface area contributed by atoms with Crippen molar-refractivity contribution in [2.24, 2.45) is 0 Å². The smallest absolute Gasteiger partial charge is 0.174 e. The van der Waals surface area contributed by atoms with E-state index in [4.69, 9.17) is 4.74 Å². The first-order valence-corrected chi connectivity index (χ1v) is 6.61. The third kappa shape index (κ3) is 2.77. The van der Waals surface area contributed by atoms with Crippen LogP contribution < -0.4 is 4.74 Å². The van der Waals surface area contributed by atoms with Crippen LogP contribution in [-0.4, -0.2) is 21.6 Å². The number of methoxy groups -OCH3 is 1. The van der Waals surface area contributed by atoms with Crippen LogP contribution in [0.2, 0.25) is 0 Å². The normalized spacial score (nSPS) is 12.4. The van der Waals surface area contributed by atoms with Crippen molar-refractivity contribution >= 4 is 23.3 Å². The van der Waals surface area contributed by atoms with E-state index in [1.807, 2.05) is 18.2 Å². The number of aliphatic hydroxyl groups excluding tert-OH is 1. The minimum atomic E-state index is -0.582. The van der Waals surface area contributed by atoms with E-state index < -0.39 is 6.10 Å². The standard InChI is InChI=1S/C11H12N2O2S2/c1-7(14)10-8(15-2)4-3-5-9(10)16-11-12-6-13-17-11/h3-7,14H,1-2H3. The minimum absolute atomic E-state index is 0.582. The molecule has 1 heterocycles. The van der Waals surface area contributed by atoms with Gasteiger partial charge in [0, 0.05) is 10.5 Å². The van der Waals surface area contributed by atoms with Crippen molar-refractivity contribution in [2.75, 3.05) is 7.11 Å². The first-order valence-electron chi connectivity index (χ1n) is 5.02. The second-order valence-electron chi connectivity index (χ2n) is 3.36. The van der Waals surface area contributed by atoms with Gasteiger partial charge in [0.25, 0.3) is 0 Å². The third-order valence-corrected chi connectivity index (χ3v) is 3.99. The van der Waals surface area contributed by atoms with E-state index in [0.717, 1.165) is 14.8 Å². The van der Waals surface area contributed by atoms with Gasteiger partial charge in [-0.25, -0.2) is 4.98 Å². The van der Waals surface area contributed by atoms with Gasteiger partial charge in [0.1, 0.15) is 12.1 Å². The highest BCUT2D eigenvalue weighted by molar-refractivity contribution is 8.01. The van der Waals surface area contributed by atoms with Gasteiger partial charge in [-0.15, -0.1) is 0 Å². The van der Waals surface area contributed by atoms with Gasteiger partial charge in [0.2, 0.25) is 0 Å². The van der Waals surface area contributed by atoms with Crippen LogP contribution >= 0.6 is 23.3 Å². The average Bonchev–Trinajstić information content (AvgIpc) is 2.81. The summed E-state index contributed by atoms with van der Waals surface area (Å²) in [6.45, 7) is 1.72. The molecule has 0 saturated carbocycles. The number of hydrogen-bond donors (Lipinski definition) is 1. The fourth-order valence-corrected chi connectivity index (χ4v) is 3.15. The van der Waals surface area contributed by atoms with E-state index in [1.54, 1.807) is 14.0 Å². The lowest BCUT2D eigenvalue weighted by Crippen LogP contribution is -1.98. The van der Waals surface area contributed by atoms with E-state index >= 15 is 0 Å². The Balaban J connectivity index is 2.39. The predicted octanol–water partition coefficient (Wildman–Crippen LogP) is 2.75. The topological polar surface area (TPSA) is 55.2 Å². The molecule has 0 amide bonds. The number of aromatic nitrogens is 2. The highest BCUT2D eigenvalue weighted by Gasteiger charge is 2.15. The van der Waals surface area contributed by atoms with Crippen molar-refractivity contribution in [1.29, 1.82) is 0 Å². The van der Waals surface area contributed by atoms with Crippen LogP contribution in [0.15, 0.2) is 33.8 Å². The summed E-state index contributed by atoms with van der Waals surface area (Å²) in [6, 6.07) is 5.68. The fraction of sp³-hybridized carbons (Fsp3) is 0.273. The molecular formula is C11H12N2O2S2. The molecule has 1 unspecified atom stereocenters. The molecule has 1 atom stereocenters. The molecule has 2 aromatic rings. The first-order chi connectivity index (χ1) is 8.22. The molecule has 0 radical (unpaired) electrons. The van der Waals surface area contributed by atoms with Crippen molar-refractivity contribution in [3.05, 3.63) is 30.1 Å². The average molecular weight is 268 g/mol. The number of nitrogens with zero attached hydrogens (tertiary/aromatic N) is 2. The molecule has 0 aliphatic heterocycles. The number of benzene rings is 1. The molecule has 6 heteroatoms. The van der Waals surface area contributed by atoms with Gasteiger partial charge >= 0.3 is 0 Å². The zero-order chi connectivity index (χ0) is 12.3. The Morgan fingerprint density at radius 3 is 2.88 bits per heavy atom. The van der Waals surface area contributed by atoms with Crippen LogP contribution in [0.4, 0.5) is 0 Å². The monoisotopic (exact) mass is 268 g/mol. The molecule has 0 saturated heterocycles. The second-order valence-corrected chi connectivity index (χ2v) is 5.43. The molecule has 0 bridgehead atoms. The molecule has 0 aliphatic carbocycles. The Kier molecular flexibility index (Phi) is 3.98. The molecule has 0 spiro atoms. The number of hydrogen-bond acceptors (Lipinski definition) is 6. The van der Waals surface area contributed by atoms with Crippen LogP contribution in [0.5, 0.6) is 5.75 Å². The van der Waals surface area contributed by atoms with E-state index in [-0.39, 0.29) is 0 Å². The van der Waals surface area contributed by atoms with Gasteiger partial charge in [-0.2, -0.15) is 4.37 Å². The predicted molar refractivity (Wildman–Crippen MR) is 67.7 cm³/mol. The highest BCUT2D eigenvalue weighted by atomic mass is 32.2. The van der Waals surface area contributed by atoms with E-state index in [2.05, 4.69) is 9.36 Å². The van der Waals surface area contributed by atoms with Crippen LogP contribution in [0.1, 0.15) is 18.6 Å². The summed E-state index contributed by atoms with van der Waals surface area (Å²) in [5.74, 6) is 0.689. The van der Waals surface area contributed by atoms with Gasteiger partial charge in [0.15, 0.2) is 4.34 Å². The summed E-state index contributed by atoms with van der Waals surface area (Å²) in [7, 11) is 1.60. The lowest BCUT2D eigenvalue weighted by Gasteiger charge is -2.14. The molecule has 1 aromatic carbocycles. The highest BCUT2D eigenvalue weighted by Crippen LogP contribution is 2.38. The SMILES string of the molecule is COc1cccc(Sc2ncns2)c1C(C)O. The zero-order valence-electron chi connectivity index (χ0n) is 9.45. The van der Waals surface area contributed by atoms with Crippen LogP contribution in [0.3, 0.4) is 0 Å². The van der Waals surface area contributed by atoms with Gasteiger partial charge in [-0.1, -0.05) is 17.8 Å². The molecule has 1 N–H and O–H groups in total. The van der Waals surface area contributed by atoms with Crippen LogP contribution in [0.25, 0.3) is 0 Å². The molecule has 90 valence electrons. The van der Waals surface area contributed by atoms with Crippen molar-refractivity contribution < 1.29 is 9.84 Å². The summed E-state index contributed by atoms with van der Waals surface area (Å²) in [5, 5.41) is 9.82. The van der Waals surface area contributed by atoms with Crippen molar-refractivity contribution in [3.63, 3.8) is 0 Å². The van der Waals surface area contributed by atoms with Crippen LogP contribution in [-0.2, 0) is 0 Å². The number of ether oxygens (including phenoxy) is 1. The van der Waals surface area contributed by atoms with Crippen LogP contribution in [0, 0.1) is 0 Å². The fourth-order valence-electron chi connectivity index (χ4n) is 1.50.